The highest BCUT2D eigenvalue weighted by Gasteiger charge is 2.44. The molecule has 0 bridgehead atoms. The van der Waals surface area contributed by atoms with Crippen LogP contribution >= 0.6 is 0 Å². The fourth-order valence-corrected chi connectivity index (χ4v) is 3.65. The first-order valence-corrected chi connectivity index (χ1v) is 9.34. The summed E-state index contributed by atoms with van der Waals surface area (Å²) in [5.74, 6) is -0.825. The molecule has 23 heavy (non-hydrogen) atoms. The van der Waals surface area contributed by atoms with E-state index in [1.165, 1.54) is 38.5 Å². The molecule has 1 aliphatic carbocycles. The smallest absolute Gasteiger partial charge is 0.259 e. The number of amides is 2. The molecular formula is C18H34N2O3. The molecule has 0 radical (unpaired) electrons. The average molecular weight is 326 g/mol. The van der Waals surface area contributed by atoms with Crippen LogP contribution in [-0.4, -0.2) is 24.1 Å². The van der Waals surface area contributed by atoms with Crippen molar-refractivity contribution in [3.8, 4) is 0 Å². The summed E-state index contributed by atoms with van der Waals surface area (Å²) >= 11 is 0. The molecule has 134 valence electrons. The average Bonchev–Trinajstić information content (AvgIpc) is 2.59. The molecule has 0 aromatic heterocycles. The Labute approximate surface area is 140 Å². The Morgan fingerprint density at radius 3 is 1.35 bits per heavy atom. The zero-order valence-electron chi connectivity index (χ0n) is 14.7. The van der Waals surface area contributed by atoms with Crippen LogP contribution < -0.4 is 10.8 Å². The van der Waals surface area contributed by atoms with Gasteiger partial charge in [-0.15, -0.1) is 0 Å². The Hall–Kier alpha value is -1.10. The molecule has 1 fully saturated rings. The molecule has 0 atom stereocenters. The Bertz CT molecular complexity index is 324. The third kappa shape index (κ3) is 6.50. The lowest BCUT2D eigenvalue weighted by atomic mass is 9.76. The van der Waals surface area contributed by atoms with Crippen LogP contribution in [0.2, 0.25) is 0 Å². The Kier molecular flexibility index (Phi) is 9.92. The maximum atomic E-state index is 12.4. The van der Waals surface area contributed by atoms with E-state index in [2.05, 4.69) is 5.32 Å². The lowest BCUT2D eigenvalue weighted by Gasteiger charge is -2.29. The first kappa shape index (κ1) is 19.9. The first-order valence-electron chi connectivity index (χ1n) is 9.34. The zero-order valence-corrected chi connectivity index (χ0v) is 14.7. The van der Waals surface area contributed by atoms with Gasteiger partial charge in [-0.25, -0.2) is 5.48 Å². The largest absolute Gasteiger partial charge is 0.358 e. The van der Waals surface area contributed by atoms with Crippen molar-refractivity contribution in [2.75, 3.05) is 7.05 Å². The minimum Gasteiger partial charge on any atom is -0.358 e. The van der Waals surface area contributed by atoms with E-state index in [0.717, 1.165) is 38.5 Å². The molecule has 1 saturated carbocycles. The van der Waals surface area contributed by atoms with E-state index in [0.29, 0.717) is 12.8 Å². The fourth-order valence-electron chi connectivity index (χ4n) is 3.65. The number of rotatable bonds is 2. The standard InChI is InChI=1S/C18H34N2O3/c1-19-16(21)18(17(22)20-23)14-12-10-8-6-4-2-3-5-7-9-11-13-15-18/h23H,2-15H2,1H3,(H,19,21)(H,20,22). The van der Waals surface area contributed by atoms with E-state index in [-0.39, 0.29) is 5.91 Å². The molecule has 0 aromatic rings. The fraction of sp³-hybridized carbons (Fsp3) is 0.889. The highest BCUT2D eigenvalue weighted by Crippen LogP contribution is 2.33. The lowest BCUT2D eigenvalue weighted by molar-refractivity contribution is -0.150. The molecule has 0 aliphatic heterocycles. The quantitative estimate of drug-likeness (QED) is 0.411. The van der Waals surface area contributed by atoms with Crippen molar-refractivity contribution >= 4 is 11.8 Å². The summed E-state index contributed by atoms with van der Waals surface area (Å²) in [7, 11) is 1.56. The number of carbonyl (C=O) groups is 2. The van der Waals surface area contributed by atoms with Gasteiger partial charge in [0.1, 0.15) is 5.41 Å². The molecule has 5 heteroatoms. The third-order valence-electron chi connectivity index (χ3n) is 5.16. The van der Waals surface area contributed by atoms with Gasteiger partial charge in [-0.3, -0.25) is 14.8 Å². The maximum absolute atomic E-state index is 12.4. The molecule has 5 nitrogen and oxygen atoms in total. The van der Waals surface area contributed by atoms with E-state index < -0.39 is 11.3 Å². The summed E-state index contributed by atoms with van der Waals surface area (Å²) in [5.41, 5.74) is 0.614. The highest BCUT2D eigenvalue weighted by atomic mass is 16.5. The molecule has 0 unspecified atom stereocenters. The molecule has 3 N–H and O–H groups in total. The second kappa shape index (κ2) is 11.4. The predicted molar refractivity (Wildman–Crippen MR) is 91.1 cm³/mol. The summed E-state index contributed by atoms with van der Waals surface area (Å²) in [5, 5.41) is 11.7. The van der Waals surface area contributed by atoms with Gasteiger partial charge in [-0.2, -0.15) is 0 Å². The van der Waals surface area contributed by atoms with Crippen LogP contribution in [0.4, 0.5) is 0 Å². The van der Waals surface area contributed by atoms with Crippen molar-refractivity contribution in [3.63, 3.8) is 0 Å². The minimum atomic E-state index is -1.12. The van der Waals surface area contributed by atoms with Crippen molar-refractivity contribution in [2.24, 2.45) is 5.41 Å². The van der Waals surface area contributed by atoms with Crippen LogP contribution in [-0.2, 0) is 9.59 Å². The van der Waals surface area contributed by atoms with Gasteiger partial charge in [0.2, 0.25) is 5.91 Å². The second-order valence-electron chi connectivity index (χ2n) is 6.84. The second-order valence-corrected chi connectivity index (χ2v) is 6.84. The SMILES string of the molecule is CNC(=O)C1(C(=O)NO)CCCCCCCCCCCCCC1. The van der Waals surface area contributed by atoms with Gasteiger partial charge in [0.25, 0.3) is 5.91 Å². The van der Waals surface area contributed by atoms with E-state index in [4.69, 9.17) is 5.21 Å². The van der Waals surface area contributed by atoms with Crippen molar-refractivity contribution in [3.05, 3.63) is 0 Å². The summed E-state index contributed by atoms with van der Waals surface area (Å²) < 4.78 is 0. The molecule has 0 spiro atoms. The van der Waals surface area contributed by atoms with Crippen LogP contribution in [0, 0.1) is 5.41 Å². The van der Waals surface area contributed by atoms with Crippen molar-refractivity contribution in [1.29, 1.82) is 0 Å². The zero-order chi connectivity index (χ0) is 17.0. The van der Waals surface area contributed by atoms with Gasteiger partial charge >= 0.3 is 0 Å². The monoisotopic (exact) mass is 326 g/mol. The number of hydroxylamine groups is 1. The van der Waals surface area contributed by atoms with Crippen LogP contribution in [0.1, 0.15) is 89.9 Å². The number of hydrogen-bond donors (Lipinski definition) is 3. The summed E-state index contributed by atoms with van der Waals surface area (Å²) in [6.45, 7) is 0. The van der Waals surface area contributed by atoms with Crippen LogP contribution in [0.15, 0.2) is 0 Å². The molecule has 2 amide bonds. The maximum Gasteiger partial charge on any atom is 0.259 e. The Morgan fingerprint density at radius 1 is 0.696 bits per heavy atom. The Morgan fingerprint density at radius 2 is 1.04 bits per heavy atom. The van der Waals surface area contributed by atoms with Crippen molar-refractivity contribution in [2.45, 2.75) is 89.9 Å². The van der Waals surface area contributed by atoms with Gasteiger partial charge in [0, 0.05) is 7.05 Å². The van der Waals surface area contributed by atoms with Crippen molar-refractivity contribution < 1.29 is 14.8 Å². The van der Waals surface area contributed by atoms with E-state index in [9.17, 15) is 9.59 Å². The number of hydrogen-bond acceptors (Lipinski definition) is 3. The third-order valence-corrected chi connectivity index (χ3v) is 5.16. The predicted octanol–water partition coefficient (Wildman–Crippen LogP) is 3.70. The van der Waals surface area contributed by atoms with E-state index in [1.54, 1.807) is 12.5 Å². The molecule has 1 rings (SSSR count). The lowest BCUT2D eigenvalue weighted by Crippen LogP contribution is -2.50. The summed E-state index contributed by atoms with van der Waals surface area (Å²) in [6, 6.07) is 0. The van der Waals surface area contributed by atoms with Crippen LogP contribution in [0.25, 0.3) is 0 Å². The summed E-state index contributed by atoms with van der Waals surface area (Å²) in [4.78, 5) is 24.7. The molecular weight excluding hydrogens is 292 g/mol. The number of carbonyl (C=O) groups excluding carboxylic acids is 2. The van der Waals surface area contributed by atoms with Gasteiger partial charge in [-0.1, -0.05) is 77.0 Å². The Balaban J connectivity index is 2.75. The van der Waals surface area contributed by atoms with Gasteiger partial charge < -0.3 is 5.32 Å². The van der Waals surface area contributed by atoms with Crippen molar-refractivity contribution in [1.82, 2.24) is 10.8 Å². The van der Waals surface area contributed by atoms with E-state index in [1.807, 2.05) is 0 Å². The van der Waals surface area contributed by atoms with Gasteiger partial charge in [0.15, 0.2) is 0 Å². The molecule has 0 saturated heterocycles. The molecule has 0 aromatic carbocycles. The first-order chi connectivity index (χ1) is 11.2. The molecule has 1 aliphatic rings. The van der Waals surface area contributed by atoms with Gasteiger partial charge in [-0.05, 0) is 12.8 Å². The molecule has 0 heterocycles. The van der Waals surface area contributed by atoms with Crippen LogP contribution in [0.3, 0.4) is 0 Å². The van der Waals surface area contributed by atoms with Gasteiger partial charge in [0.05, 0.1) is 0 Å². The normalized spacial score (nSPS) is 21.5. The highest BCUT2D eigenvalue weighted by molar-refractivity contribution is 6.04. The van der Waals surface area contributed by atoms with E-state index >= 15 is 0 Å². The van der Waals surface area contributed by atoms with Crippen LogP contribution in [0.5, 0.6) is 0 Å². The minimum absolute atomic E-state index is 0.270. The number of nitrogens with one attached hydrogen (secondary N) is 2. The summed E-state index contributed by atoms with van der Waals surface area (Å²) in [6.07, 6.45) is 14.8. The topological polar surface area (TPSA) is 78.4 Å².